The maximum absolute atomic E-state index is 13.3. The number of hydrogen-bond acceptors (Lipinski definition) is 4. The summed E-state index contributed by atoms with van der Waals surface area (Å²) < 4.78 is 58.0. The lowest BCUT2D eigenvalue weighted by Crippen LogP contribution is -2.41. The molecule has 5 rings (SSSR count). The minimum Gasteiger partial charge on any atom is -0.449 e. The van der Waals surface area contributed by atoms with E-state index in [1.807, 2.05) is 64.1 Å². The first-order chi connectivity index (χ1) is 19.3. The van der Waals surface area contributed by atoms with Crippen LogP contribution in [0.5, 0.6) is 0 Å². The van der Waals surface area contributed by atoms with Gasteiger partial charge in [0.1, 0.15) is 6.61 Å². The van der Waals surface area contributed by atoms with Crippen LogP contribution in [-0.4, -0.2) is 37.6 Å². The monoisotopic (exact) mass is 563 g/mol. The van der Waals surface area contributed by atoms with Crippen molar-refractivity contribution in [1.82, 2.24) is 5.32 Å². The van der Waals surface area contributed by atoms with Gasteiger partial charge in [-0.15, -0.1) is 0 Å². The van der Waals surface area contributed by atoms with Crippen LogP contribution in [0.3, 0.4) is 0 Å². The number of hydrogen-bond donors (Lipinski definition) is 1. The molecule has 41 heavy (non-hydrogen) atoms. The molecule has 1 aliphatic heterocycles. The zero-order valence-electron chi connectivity index (χ0n) is 23.8. The highest BCUT2D eigenvalue weighted by Crippen LogP contribution is 2.44. The minimum atomic E-state index is -4.44. The van der Waals surface area contributed by atoms with Crippen molar-refractivity contribution in [2.75, 3.05) is 13.2 Å². The van der Waals surface area contributed by atoms with Crippen molar-refractivity contribution in [2.45, 2.75) is 57.9 Å². The Bertz CT molecular complexity index is 1440. The smallest absolute Gasteiger partial charge is 0.449 e. The third-order valence-corrected chi connectivity index (χ3v) is 8.24. The summed E-state index contributed by atoms with van der Waals surface area (Å²) in [5, 5.41) is 2.79. The van der Waals surface area contributed by atoms with Crippen LogP contribution in [0.25, 0.3) is 17.2 Å². The minimum absolute atomic E-state index is 0.0214. The number of fused-ring (bicyclic) bond motifs is 3. The summed E-state index contributed by atoms with van der Waals surface area (Å²) in [5.74, 6) is -0.0821. The molecule has 214 valence electrons. The molecular formula is C32H33BF3NO4. The molecule has 9 heteroatoms. The van der Waals surface area contributed by atoms with Gasteiger partial charge in [0.25, 0.3) is 0 Å². The van der Waals surface area contributed by atoms with Gasteiger partial charge in [-0.3, -0.25) is 0 Å². The van der Waals surface area contributed by atoms with Crippen LogP contribution in [0.1, 0.15) is 61.4 Å². The van der Waals surface area contributed by atoms with Crippen LogP contribution in [0.15, 0.2) is 72.2 Å². The molecular weight excluding hydrogens is 530 g/mol. The van der Waals surface area contributed by atoms with Crippen molar-refractivity contribution in [3.8, 4) is 11.1 Å². The van der Waals surface area contributed by atoms with E-state index in [-0.39, 0.29) is 24.6 Å². The van der Waals surface area contributed by atoms with E-state index in [1.54, 1.807) is 6.08 Å². The fourth-order valence-electron chi connectivity index (χ4n) is 5.33. The Kier molecular flexibility index (Phi) is 7.55. The second-order valence-electron chi connectivity index (χ2n) is 11.6. The summed E-state index contributed by atoms with van der Waals surface area (Å²) in [4.78, 5) is 12.9. The van der Waals surface area contributed by atoms with Crippen molar-refractivity contribution < 1.29 is 32.0 Å². The number of ether oxygens (including phenoxy) is 1. The SMILES string of the molecule is Cc1cc(C=C(CNC(=O)OCC2c3ccccc3-c3ccccc32)B2OC(C)(C)C(C)(C)O2)ccc1C(F)(F)F. The zero-order valence-corrected chi connectivity index (χ0v) is 23.8. The van der Waals surface area contributed by atoms with E-state index in [4.69, 9.17) is 14.0 Å². The van der Waals surface area contributed by atoms with Crippen molar-refractivity contribution in [2.24, 2.45) is 0 Å². The Morgan fingerprint density at radius 2 is 1.51 bits per heavy atom. The van der Waals surface area contributed by atoms with E-state index in [1.165, 1.54) is 19.1 Å². The first-order valence-electron chi connectivity index (χ1n) is 13.6. The molecule has 0 saturated carbocycles. The molecule has 0 aromatic heterocycles. The number of rotatable bonds is 6. The Balaban J connectivity index is 1.32. The summed E-state index contributed by atoms with van der Waals surface area (Å²) in [7, 11) is -0.809. The lowest BCUT2D eigenvalue weighted by molar-refractivity contribution is -0.138. The highest BCUT2D eigenvalue weighted by Gasteiger charge is 2.52. The average molecular weight is 563 g/mol. The summed E-state index contributed by atoms with van der Waals surface area (Å²) >= 11 is 0. The molecule has 3 aromatic rings. The van der Waals surface area contributed by atoms with Crippen LogP contribution < -0.4 is 5.32 Å². The van der Waals surface area contributed by atoms with Gasteiger partial charge in [-0.25, -0.2) is 4.79 Å². The molecule has 1 N–H and O–H groups in total. The highest BCUT2D eigenvalue weighted by atomic mass is 19.4. The van der Waals surface area contributed by atoms with Gasteiger partial charge in [0.15, 0.2) is 0 Å². The molecule has 0 bridgehead atoms. The summed E-state index contributed by atoms with van der Waals surface area (Å²) in [6, 6.07) is 20.1. The van der Waals surface area contributed by atoms with Gasteiger partial charge in [0, 0.05) is 12.5 Å². The molecule has 0 unspecified atom stereocenters. The van der Waals surface area contributed by atoms with Crippen molar-refractivity contribution >= 4 is 19.3 Å². The number of carbonyl (C=O) groups is 1. The molecule has 1 heterocycles. The molecule has 3 aromatic carbocycles. The van der Waals surface area contributed by atoms with E-state index in [2.05, 4.69) is 17.4 Å². The molecule has 5 nitrogen and oxygen atoms in total. The highest BCUT2D eigenvalue weighted by molar-refractivity contribution is 6.56. The van der Waals surface area contributed by atoms with Crippen LogP contribution in [0.2, 0.25) is 0 Å². The van der Waals surface area contributed by atoms with E-state index in [9.17, 15) is 18.0 Å². The molecule has 0 radical (unpaired) electrons. The lowest BCUT2D eigenvalue weighted by atomic mass is 9.77. The molecule has 1 fully saturated rings. The molecule has 1 amide bonds. The Morgan fingerprint density at radius 3 is 2.05 bits per heavy atom. The largest absolute Gasteiger partial charge is 0.492 e. The number of aryl methyl sites for hydroxylation is 1. The Hall–Kier alpha value is -3.56. The Labute approximate surface area is 238 Å². The van der Waals surface area contributed by atoms with Gasteiger partial charge in [-0.1, -0.05) is 66.7 Å². The second-order valence-corrected chi connectivity index (χ2v) is 11.6. The molecule has 1 saturated heterocycles. The number of benzene rings is 3. The second kappa shape index (κ2) is 10.7. The maximum Gasteiger partial charge on any atom is 0.492 e. The fraction of sp³-hybridized carbons (Fsp3) is 0.344. The van der Waals surface area contributed by atoms with Crippen LogP contribution >= 0.6 is 0 Å². The zero-order chi connectivity index (χ0) is 29.6. The molecule has 2 aliphatic rings. The van der Waals surface area contributed by atoms with Gasteiger partial charge in [-0.2, -0.15) is 13.2 Å². The van der Waals surface area contributed by atoms with Crippen molar-refractivity contribution in [1.29, 1.82) is 0 Å². The molecule has 0 spiro atoms. The maximum atomic E-state index is 13.3. The topological polar surface area (TPSA) is 56.8 Å². The van der Waals surface area contributed by atoms with Crippen LogP contribution in [0.4, 0.5) is 18.0 Å². The number of halogens is 3. The summed E-state index contributed by atoms with van der Waals surface area (Å²) in [6.45, 7) is 9.24. The predicted molar refractivity (Wildman–Crippen MR) is 153 cm³/mol. The predicted octanol–water partition coefficient (Wildman–Crippen LogP) is 7.57. The number of carbonyl (C=O) groups excluding carboxylic acids is 1. The number of alkyl halides is 3. The number of nitrogens with one attached hydrogen (secondary N) is 1. The fourth-order valence-corrected chi connectivity index (χ4v) is 5.33. The van der Waals surface area contributed by atoms with Crippen LogP contribution in [0, 0.1) is 6.92 Å². The Morgan fingerprint density at radius 1 is 0.951 bits per heavy atom. The number of amides is 1. The van der Waals surface area contributed by atoms with Crippen molar-refractivity contribution in [3.05, 3.63) is 100 Å². The lowest BCUT2D eigenvalue weighted by Gasteiger charge is -2.32. The van der Waals surface area contributed by atoms with E-state index in [0.717, 1.165) is 28.3 Å². The van der Waals surface area contributed by atoms with Crippen LogP contribution in [-0.2, 0) is 20.2 Å². The van der Waals surface area contributed by atoms with E-state index >= 15 is 0 Å². The normalized spacial score (nSPS) is 17.8. The molecule has 1 aliphatic carbocycles. The number of alkyl carbamates (subject to hydrolysis) is 1. The van der Waals surface area contributed by atoms with E-state index < -0.39 is 36.2 Å². The van der Waals surface area contributed by atoms with Gasteiger partial charge >= 0.3 is 19.4 Å². The standard InChI is InChI=1S/C32H33BF3NO4/c1-20-16-21(14-15-28(20)32(34,35)36)17-22(33-40-30(2,3)31(4,5)41-33)18-37-29(38)39-19-27-25-12-8-6-10-23(25)24-11-7-9-13-26(24)27/h6-17,27H,18-19H2,1-5H3,(H,37,38). The van der Waals surface area contributed by atoms with Gasteiger partial charge in [0.2, 0.25) is 0 Å². The first-order valence-corrected chi connectivity index (χ1v) is 13.6. The quantitative estimate of drug-likeness (QED) is 0.315. The van der Waals surface area contributed by atoms with Gasteiger partial charge in [0.05, 0.1) is 16.8 Å². The summed E-state index contributed by atoms with van der Waals surface area (Å²) in [6.07, 6.45) is -3.36. The molecule has 0 atom stereocenters. The third kappa shape index (κ3) is 5.79. The third-order valence-electron chi connectivity index (χ3n) is 8.24. The average Bonchev–Trinajstić information content (AvgIpc) is 3.33. The van der Waals surface area contributed by atoms with Crippen molar-refractivity contribution in [3.63, 3.8) is 0 Å². The van der Waals surface area contributed by atoms with Gasteiger partial charge < -0.3 is 19.4 Å². The first kappa shape index (κ1) is 29.0. The van der Waals surface area contributed by atoms with E-state index in [0.29, 0.717) is 11.0 Å². The summed E-state index contributed by atoms with van der Waals surface area (Å²) in [5.41, 5.74) is 3.70. The van der Waals surface area contributed by atoms with Gasteiger partial charge in [-0.05, 0) is 79.5 Å².